The van der Waals surface area contributed by atoms with E-state index in [0.717, 1.165) is 16.5 Å². The lowest BCUT2D eigenvalue weighted by molar-refractivity contribution is 0.445. The number of anilines is 1. The molecule has 2 aromatic rings. The fourth-order valence-corrected chi connectivity index (χ4v) is 5.33. The Morgan fingerprint density at radius 1 is 1.00 bits per heavy atom. The molecule has 28 heavy (non-hydrogen) atoms. The number of sulfonamides is 2. The Morgan fingerprint density at radius 3 is 2.18 bits per heavy atom. The van der Waals surface area contributed by atoms with Crippen molar-refractivity contribution in [2.45, 2.75) is 25.7 Å². The van der Waals surface area contributed by atoms with Gasteiger partial charge in [0.05, 0.1) is 16.1 Å². The molecule has 0 radical (unpaired) electrons. The van der Waals surface area contributed by atoms with Crippen LogP contribution in [0.1, 0.15) is 25.0 Å². The largest absolute Gasteiger partial charge is 0.280 e. The summed E-state index contributed by atoms with van der Waals surface area (Å²) in [6.45, 7) is 5.94. The molecule has 0 aliphatic rings. The molecule has 0 atom stereocenters. The summed E-state index contributed by atoms with van der Waals surface area (Å²) < 4.78 is 53.7. The molecule has 0 fully saturated rings. The highest BCUT2D eigenvalue weighted by molar-refractivity contribution is 7.95. The Labute approximate surface area is 171 Å². The van der Waals surface area contributed by atoms with E-state index >= 15 is 0 Å². The van der Waals surface area contributed by atoms with Crippen LogP contribution in [-0.2, 0) is 20.0 Å². The Hall–Kier alpha value is -1.87. The lowest BCUT2D eigenvalue weighted by Crippen LogP contribution is -2.30. The maximum Gasteiger partial charge on any atom is 0.255 e. The van der Waals surface area contributed by atoms with Crippen molar-refractivity contribution in [2.24, 2.45) is 0 Å². The topological polar surface area (TPSA) is 83.6 Å². The van der Waals surface area contributed by atoms with Crippen LogP contribution in [0.3, 0.4) is 0 Å². The second-order valence-electron chi connectivity index (χ2n) is 6.10. The fraction of sp³-hybridized carbons (Fsp3) is 0.263. The SMILES string of the molecule is CCN(CC)S(=O)(=O)c1cc(NS(=O)(=O)C=Cc2ccc(C)cc2)ccc1Cl. The third-order valence-corrected chi connectivity index (χ3v) is 7.58. The highest BCUT2D eigenvalue weighted by atomic mass is 35.5. The molecule has 152 valence electrons. The van der Waals surface area contributed by atoms with Gasteiger partial charge in [-0.3, -0.25) is 4.72 Å². The van der Waals surface area contributed by atoms with Gasteiger partial charge in [0.25, 0.3) is 10.0 Å². The predicted octanol–water partition coefficient (Wildman–Crippen LogP) is 4.09. The van der Waals surface area contributed by atoms with Gasteiger partial charge in [-0.2, -0.15) is 4.31 Å². The van der Waals surface area contributed by atoms with Crippen molar-refractivity contribution >= 4 is 43.4 Å². The van der Waals surface area contributed by atoms with Crippen LogP contribution >= 0.6 is 11.6 Å². The van der Waals surface area contributed by atoms with Gasteiger partial charge in [-0.05, 0) is 36.8 Å². The molecule has 0 aromatic heterocycles. The molecular formula is C19H23ClN2O4S2. The third kappa shape index (κ3) is 5.57. The Bertz CT molecular complexity index is 1060. The van der Waals surface area contributed by atoms with Crippen molar-refractivity contribution in [3.05, 3.63) is 64.0 Å². The Morgan fingerprint density at radius 2 is 1.61 bits per heavy atom. The fourth-order valence-electron chi connectivity index (χ4n) is 2.51. The average molecular weight is 443 g/mol. The van der Waals surface area contributed by atoms with Crippen molar-refractivity contribution in [2.75, 3.05) is 17.8 Å². The molecule has 0 heterocycles. The monoisotopic (exact) mass is 442 g/mol. The standard InChI is InChI=1S/C19H23ClN2O4S2/c1-4-22(5-2)28(25,26)19-14-17(10-11-18(19)20)21-27(23,24)13-12-16-8-6-15(3)7-9-16/h6-14,21H,4-5H2,1-3H3. The Balaban J connectivity index is 2.30. The van der Waals surface area contributed by atoms with Crippen LogP contribution in [0, 0.1) is 6.92 Å². The minimum atomic E-state index is -3.83. The highest BCUT2D eigenvalue weighted by Gasteiger charge is 2.25. The first-order valence-electron chi connectivity index (χ1n) is 8.66. The smallest absolute Gasteiger partial charge is 0.255 e. The molecule has 0 bridgehead atoms. The zero-order chi connectivity index (χ0) is 20.9. The van der Waals surface area contributed by atoms with Crippen LogP contribution in [0.15, 0.2) is 52.8 Å². The number of benzene rings is 2. The molecule has 0 amide bonds. The molecule has 6 nitrogen and oxygen atoms in total. The summed E-state index contributed by atoms with van der Waals surface area (Å²) in [7, 11) is -7.65. The van der Waals surface area contributed by atoms with Gasteiger partial charge < -0.3 is 0 Å². The summed E-state index contributed by atoms with van der Waals surface area (Å²) in [5.74, 6) is 0. The predicted molar refractivity (Wildman–Crippen MR) is 114 cm³/mol. The van der Waals surface area contributed by atoms with Crippen LogP contribution in [0.2, 0.25) is 5.02 Å². The Kier molecular flexibility index (Phi) is 7.28. The van der Waals surface area contributed by atoms with Gasteiger partial charge in [0.1, 0.15) is 4.90 Å². The van der Waals surface area contributed by atoms with Crippen LogP contribution in [0.5, 0.6) is 0 Å². The van der Waals surface area contributed by atoms with Gasteiger partial charge in [0.2, 0.25) is 10.0 Å². The quantitative estimate of drug-likeness (QED) is 0.667. The molecule has 0 saturated heterocycles. The molecule has 2 rings (SSSR count). The van der Waals surface area contributed by atoms with Gasteiger partial charge >= 0.3 is 0 Å². The zero-order valence-corrected chi connectivity index (χ0v) is 18.3. The first-order valence-corrected chi connectivity index (χ1v) is 12.0. The van der Waals surface area contributed by atoms with Gasteiger partial charge in [-0.1, -0.05) is 55.3 Å². The van der Waals surface area contributed by atoms with Crippen molar-refractivity contribution in [3.63, 3.8) is 0 Å². The molecule has 2 aromatic carbocycles. The molecule has 0 saturated carbocycles. The third-order valence-electron chi connectivity index (χ3n) is 4.03. The number of hydrogen-bond acceptors (Lipinski definition) is 4. The second kappa shape index (κ2) is 9.09. The first-order chi connectivity index (χ1) is 13.1. The molecular weight excluding hydrogens is 420 g/mol. The lowest BCUT2D eigenvalue weighted by Gasteiger charge is -2.19. The molecule has 0 spiro atoms. The van der Waals surface area contributed by atoms with Crippen LogP contribution in [0.25, 0.3) is 6.08 Å². The van der Waals surface area contributed by atoms with Crippen LogP contribution in [0.4, 0.5) is 5.69 Å². The number of aryl methyl sites for hydroxylation is 1. The number of halogens is 1. The second-order valence-corrected chi connectivity index (χ2v) is 9.97. The van der Waals surface area contributed by atoms with Crippen molar-refractivity contribution in [3.8, 4) is 0 Å². The van der Waals surface area contributed by atoms with E-state index in [1.807, 2.05) is 19.1 Å². The molecule has 0 aliphatic carbocycles. The minimum absolute atomic E-state index is 0.0324. The number of nitrogens with one attached hydrogen (secondary N) is 1. The lowest BCUT2D eigenvalue weighted by atomic mass is 10.2. The summed E-state index contributed by atoms with van der Waals surface area (Å²) in [5.41, 5.74) is 1.92. The summed E-state index contributed by atoms with van der Waals surface area (Å²) in [6.07, 6.45) is 1.46. The van der Waals surface area contributed by atoms with E-state index in [0.29, 0.717) is 0 Å². The van der Waals surface area contributed by atoms with Crippen molar-refractivity contribution < 1.29 is 16.8 Å². The molecule has 1 N–H and O–H groups in total. The van der Waals surface area contributed by atoms with Crippen LogP contribution in [-0.4, -0.2) is 34.2 Å². The summed E-state index contributed by atoms with van der Waals surface area (Å²) >= 11 is 6.07. The normalized spacial score (nSPS) is 12.6. The van der Waals surface area contributed by atoms with E-state index in [2.05, 4.69) is 4.72 Å². The van der Waals surface area contributed by atoms with E-state index in [4.69, 9.17) is 11.6 Å². The summed E-state index contributed by atoms with van der Waals surface area (Å²) in [5, 5.41) is 1.07. The van der Waals surface area contributed by atoms with E-state index in [9.17, 15) is 16.8 Å². The number of rotatable bonds is 8. The van der Waals surface area contributed by atoms with Crippen molar-refractivity contribution in [1.29, 1.82) is 0 Å². The van der Waals surface area contributed by atoms with Crippen LogP contribution < -0.4 is 4.72 Å². The summed E-state index contributed by atoms with van der Waals surface area (Å²) in [6, 6.07) is 11.4. The molecule has 0 aliphatic heterocycles. The number of nitrogens with zero attached hydrogens (tertiary/aromatic N) is 1. The van der Waals surface area contributed by atoms with Gasteiger partial charge in [-0.25, -0.2) is 16.8 Å². The van der Waals surface area contributed by atoms with E-state index in [1.165, 1.54) is 28.6 Å². The average Bonchev–Trinajstić information content (AvgIpc) is 2.63. The minimum Gasteiger partial charge on any atom is -0.280 e. The van der Waals surface area contributed by atoms with Gasteiger partial charge in [0, 0.05) is 13.1 Å². The zero-order valence-electron chi connectivity index (χ0n) is 15.9. The van der Waals surface area contributed by atoms with Crippen molar-refractivity contribution in [1.82, 2.24) is 4.31 Å². The number of hydrogen-bond donors (Lipinski definition) is 1. The van der Waals surface area contributed by atoms with E-state index in [-0.39, 0.29) is 28.7 Å². The van der Waals surface area contributed by atoms with E-state index < -0.39 is 20.0 Å². The van der Waals surface area contributed by atoms with Gasteiger partial charge in [-0.15, -0.1) is 0 Å². The highest BCUT2D eigenvalue weighted by Crippen LogP contribution is 2.28. The summed E-state index contributed by atoms with van der Waals surface area (Å²) in [4.78, 5) is -0.138. The molecule has 9 heteroatoms. The van der Waals surface area contributed by atoms with Gasteiger partial charge in [0.15, 0.2) is 0 Å². The maximum absolute atomic E-state index is 12.7. The van der Waals surface area contributed by atoms with E-state index in [1.54, 1.807) is 26.0 Å². The first kappa shape index (κ1) is 22.4. The molecule has 0 unspecified atom stereocenters. The maximum atomic E-state index is 12.7.